The number of ketones is 1. The Bertz CT molecular complexity index is 2570. The van der Waals surface area contributed by atoms with Crippen molar-refractivity contribution in [1.29, 1.82) is 0 Å². The molecular weight excluding hydrogens is 1010 g/mol. The van der Waals surface area contributed by atoms with Crippen LogP contribution in [0, 0.1) is 16.2 Å². The number of aliphatic hydroxyl groups excluding tert-OH is 2. The second-order valence-corrected chi connectivity index (χ2v) is 23.6. The van der Waals surface area contributed by atoms with Gasteiger partial charge in [0.1, 0.15) is 42.0 Å². The molecule has 2 amide bonds. The first-order valence-electron chi connectivity index (χ1n) is 23.3. The lowest BCUT2D eigenvalue weighted by Gasteiger charge is -2.36. The van der Waals surface area contributed by atoms with Crippen LogP contribution in [0.15, 0.2) is 36.9 Å². The van der Waals surface area contributed by atoms with Gasteiger partial charge in [0.2, 0.25) is 11.8 Å². The number of aliphatic hydroxyl groups is 2. The van der Waals surface area contributed by atoms with Gasteiger partial charge in [0.25, 0.3) is 15.6 Å². The minimum atomic E-state index is -5.94. The van der Waals surface area contributed by atoms with Gasteiger partial charge in [0.15, 0.2) is 17.7 Å². The Kier molecular flexibility index (Phi) is 18.8. The summed E-state index contributed by atoms with van der Waals surface area (Å²) in [5.41, 5.74) is 6.50. The molecule has 3 aliphatic rings. The molecule has 3 aromatic rings. The SMILES string of the molecule is CC(C)(COP(=O)([O-])OP(=O)([O-])OCC1OC(n2cnc3c(N)ncnc32)C(O)C1OP(=O)([O-])[O-])C(O)C(=O)NCCC(=O)NCCC(=O)CC1(CCCc2cccc(CCCC3(CC(=O)O)CC3)c2)CC1. The number of fused-ring (bicyclic) bond motifs is 1. The largest absolute Gasteiger partial charge is 0.790 e. The molecule has 0 bridgehead atoms. The first-order valence-corrected chi connectivity index (χ1v) is 27.7. The van der Waals surface area contributed by atoms with Crippen molar-refractivity contribution < 1.29 is 90.4 Å². The lowest BCUT2D eigenvalue weighted by Crippen LogP contribution is -2.46. The number of carbonyl (C=O) groups is 4. The minimum Gasteiger partial charge on any atom is -0.790 e. The third kappa shape index (κ3) is 16.7. The standard InChI is InChI=1S/C43H64N7O19P3/c1-41(2,24-66-72(63,64)69-71(61,62)65-23-30-35(68-70(58,59)60)34(55)40(67-30)50-26-49-33-37(44)47-25-48-38(33)50)36(56)39(57)46-19-11-31(52)45-18-10-29(51)21-42(14-15-42)12-4-8-27-6-3-7-28(20-27)9-5-13-43(16-17-43)22-32(53)54/h3,6-7,20,25-26,30,34-36,40,55-56H,4-5,8-19,21-24H2,1-2H3,(H,45,52)(H,46,57)(H,53,54)(H,61,62)(H,63,64)(H2,44,47,48)(H2,58,59,60)/p-4. The Labute approximate surface area is 414 Å². The maximum atomic E-state index is 12.9. The number of aliphatic carboxylic acids is 1. The molecule has 26 nitrogen and oxygen atoms in total. The van der Waals surface area contributed by atoms with Crippen molar-refractivity contribution in [2.24, 2.45) is 16.2 Å². The Morgan fingerprint density at radius 2 is 1.53 bits per heavy atom. The van der Waals surface area contributed by atoms with Crippen LogP contribution in [-0.2, 0) is 68.3 Å². The van der Waals surface area contributed by atoms with Crippen molar-refractivity contribution in [3.8, 4) is 0 Å². The zero-order valence-corrected chi connectivity index (χ0v) is 42.3. The van der Waals surface area contributed by atoms with Gasteiger partial charge in [0, 0.05) is 37.8 Å². The van der Waals surface area contributed by atoms with E-state index in [4.69, 9.17) is 10.5 Å². The van der Waals surface area contributed by atoms with Crippen LogP contribution in [0.1, 0.15) is 108 Å². The summed E-state index contributed by atoms with van der Waals surface area (Å²) in [5, 5.41) is 35.7. The van der Waals surface area contributed by atoms with Crippen molar-refractivity contribution in [2.75, 3.05) is 32.0 Å². The monoisotopic (exact) mass is 1070 g/mol. The van der Waals surface area contributed by atoms with Crippen LogP contribution in [0.25, 0.3) is 11.2 Å². The zero-order chi connectivity index (χ0) is 52.7. The number of hydrogen-bond acceptors (Lipinski definition) is 22. The highest BCUT2D eigenvalue weighted by Gasteiger charge is 2.48. The minimum absolute atomic E-state index is 0.0112. The summed E-state index contributed by atoms with van der Waals surface area (Å²) in [6.07, 6.45) is 2.56. The molecule has 7 unspecified atom stereocenters. The number of benzene rings is 1. The number of aryl methyl sites for hydroxylation is 2. The van der Waals surface area contributed by atoms with Gasteiger partial charge in [-0.15, -0.1) is 0 Å². The van der Waals surface area contributed by atoms with E-state index in [1.54, 1.807) is 0 Å². The maximum Gasteiger partial charge on any atom is 0.303 e. The van der Waals surface area contributed by atoms with Crippen LogP contribution in [0.4, 0.5) is 5.82 Å². The van der Waals surface area contributed by atoms with E-state index in [0.717, 1.165) is 81.4 Å². The van der Waals surface area contributed by atoms with Gasteiger partial charge in [-0.05, 0) is 86.2 Å². The van der Waals surface area contributed by atoms with E-state index in [0.29, 0.717) is 6.42 Å². The van der Waals surface area contributed by atoms with Gasteiger partial charge in [-0.2, -0.15) is 0 Å². The van der Waals surface area contributed by atoms with Gasteiger partial charge in [-0.3, -0.25) is 32.9 Å². The number of carboxylic acids is 1. The maximum absolute atomic E-state index is 12.9. The van der Waals surface area contributed by atoms with E-state index >= 15 is 0 Å². The molecule has 0 spiro atoms. The molecule has 72 heavy (non-hydrogen) atoms. The molecule has 1 aliphatic heterocycles. The molecule has 0 radical (unpaired) electrons. The highest BCUT2D eigenvalue weighted by Crippen LogP contribution is 2.57. The first kappa shape index (κ1) is 57.2. The number of nitrogens with zero attached hydrogens (tertiary/aromatic N) is 4. The van der Waals surface area contributed by atoms with Crippen molar-refractivity contribution in [3.05, 3.63) is 48.0 Å². The van der Waals surface area contributed by atoms with Crippen LogP contribution in [0.5, 0.6) is 0 Å². The molecule has 29 heteroatoms. The molecule has 400 valence electrons. The number of phosphoric acid groups is 3. The van der Waals surface area contributed by atoms with Gasteiger partial charge in [-0.25, -0.2) is 19.3 Å². The Morgan fingerprint density at radius 3 is 2.14 bits per heavy atom. The van der Waals surface area contributed by atoms with Crippen LogP contribution in [0.3, 0.4) is 0 Å². The van der Waals surface area contributed by atoms with Gasteiger partial charge in [0.05, 0.1) is 33.8 Å². The van der Waals surface area contributed by atoms with Crippen molar-refractivity contribution >= 4 is 64.0 Å². The number of carbonyl (C=O) groups excluding carboxylic acids is 3. The fraction of sp³-hybridized carbons (Fsp3) is 0.651. The lowest BCUT2D eigenvalue weighted by molar-refractivity contribution is -0.347. The number of carboxylic acid groups (broad SMARTS) is 1. The number of hydrogen-bond donors (Lipinski definition) is 6. The summed E-state index contributed by atoms with van der Waals surface area (Å²) >= 11 is 0. The van der Waals surface area contributed by atoms with Crippen LogP contribution < -0.4 is 35.9 Å². The number of aromatic nitrogens is 4. The lowest BCUT2D eigenvalue weighted by atomic mass is 9.87. The Hall–Kier alpha value is -4.10. The van der Waals surface area contributed by atoms with E-state index in [-0.39, 0.29) is 65.9 Å². The van der Waals surface area contributed by atoms with E-state index in [1.807, 2.05) is 0 Å². The quantitative estimate of drug-likeness (QED) is 0.0481. The fourth-order valence-electron chi connectivity index (χ4n) is 8.75. The number of imidazole rings is 1. The predicted octanol–water partition coefficient (Wildman–Crippen LogP) is 0.607. The zero-order valence-electron chi connectivity index (χ0n) is 39.7. The number of ether oxygens (including phenoxy) is 1. The van der Waals surface area contributed by atoms with E-state index in [9.17, 15) is 67.8 Å². The van der Waals surface area contributed by atoms with Crippen molar-refractivity contribution in [1.82, 2.24) is 30.2 Å². The Morgan fingerprint density at radius 1 is 0.917 bits per heavy atom. The summed E-state index contributed by atoms with van der Waals surface area (Å²) in [5.74, 6) is -2.29. The van der Waals surface area contributed by atoms with Crippen molar-refractivity contribution in [2.45, 2.75) is 134 Å². The van der Waals surface area contributed by atoms with Crippen LogP contribution >= 0.6 is 23.5 Å². The van der Waals surface area contributed by atoms with E-state index in [2.05, 4.69) is 67.7 Å². The highest BCUT2D eigenvalue weighted by atomic mass is 31.3. The topological polar surface area (TPSA) is 412 Å². The molecule has 6 rings (SSSR count). The number of anilines is 1. The number of Topliss-reactive ketones (excluding diaryl/α,β-unsaturated/α-hetero) is 1. The molecule has 2 saturated carbocycles. The van der Waals surface area contributed by atoms with Gasteiger partial charge in [-0.1, -0.05) is 38.1 Å². The van der Waals surface area contributed by atoms with E-state index < -0.39 is 90.5 Å². The second-order valence-electron chi connectivity index (χ2n) is 19.5. The molecule has 1 saturated heterocycles. The third-order valence-corrected chi connectivity index (χ3v) is 16.1. The first-order chi connectivity index (χ1) is 33.7. The molecule has 3 heterocycles. The summed E-state index contributed by atoms with van der Waals surface area (Å²) in [4.78, 5) is 109. The van der Waals surface area contributed by atoms with Gasteiger partial charge >= 0.3 is 5.97 Å². The van der Waals surface area contributed by atoms with Crippen LogP contribution in [0.2, 0.25) is 0 Å². The number of rotatable bonds is 31. The second kappa shape index (κ2) is 23.6. The van der Waals surface area contributed by atoms with Crippen LogP contribution in [-0.4, -0.2) is 109 Å². The predicted molar refractivity (Wildman–Crippen MR) is 243 cm³/mol. The van der Waals surface area contributed by atoms with E-state index in [1.165, 1.54) is 25.0 Å². The molecule has 3 fully saturated rings. The molecule has 7 atom stereocenters. The summed E-state index contributed by atoms with van der Waals surface area (Å²) in [6, 6.07) is 8.48. The number of nitrogens with two attached hydrogens (primary N) is 1. The average molecular weight is 1070 g/mol. The molecule has 1 aromatic carbocycles. The molecule has 2 aliphatic carbocycles. The summed E-state index contributed by atoms with van der Waals surface area (Å²) in [6.45, 7) is -0.0432. The number of phosphoric ester groups is 3. The smallest absolute Gasteiger partial charge is 0.303 e. The summed E-state index contributed by atoms with van der Waals surface area (Å²) < 4.78 is 61.0. The number of nitrogens with one attached hydrogen (secondary N) is 2. The molecular formula is C43H60N7O19P3-4. The molecule has 7 N–H and O–H groups in total. The number of nitrogen functional groups attached to an aromatic ring is 1. The average Bonchev–Trinajstić information content (AvgIpc) is 4.16. The highest BCUT2D eigenvalue weighted by molar-refractivity contribution is 7.59. The Balaban J connectivity index is 0.854. The summed E-state index contributed by atoms with van der Waals surface area (Å²) in [7, 11) is -17.7. The molecule has 2 aromatic heterocycles. The third-order valence-electron chi connectivity index (χ3n) is 13.1. The van der Waals surface area contributed by atoms with Crippen molar-refractivity contribution in [3.63, 3.8) is 0 Å². The fourth-order valence-corrected chi connectivity index (χ4v) is 11.5. The normalized spacial score (nSPS) is 22.4. The number of amides is 2. The van der Waals surface area contributed by atoms with Gasteiger partial charge < -0.3 is 74.1 Å².